The molecule has 0 heterocycles. The first kappa shape index (κ1) is 10.2. The fourth-order valence-corrected chi connectivity index (χ4v) is 0.830. The number of rotatable bonds is 6. The van der Waals surface area contributed by atoms with Crippen molar-refractivity contribution >= 4 is 5.91 Å². The van der Waals surface area contributed by atoms with E-state index < -0.39 is 0 Å². The maximum absolute atomic E-state index is 10.3. The minimum Gasteiger partial charge on any atom is -0.369 e. The molecule has 2 N–H and O–H groups in total. The third-order valence-electron chi connectivity index (χ3n) is 1.46. The standard InChI is InChI=1S/C9H17NO/c1-2-3-4-5-6-7-8-9(10)11/h6-7H,2-5,8H2,1H3,(H2,10,11). The smallest absolute Gasteiger partial charge is 0.221 e. The highest BCUT2D eigenvalue weighted by Gasteiger charge is 1.85. The lowest BCUT2D eigenvalue weighted by Gasteiger charge is -1.90. The van der Waals surface area contributed by atoms with E-state index in [1.54, 1.807) is 0 Å². The van der Waals surface area contributed by atoms with E-state index in [1.165, 1.54) is 19.3 Å². The van der Waals surface area contributed by atoms with E-state index in [-0.39, 0.29) is 5.91 Å². The van der Waals surface area contributed by atoms with Gasteiger partial charge in [0.15, 0.2) is 0 Å². The molecule has 0 saturated heterocycles. The zero-order valence-electron chi connectivity index (χ0n) is 7.18. The Morgan fingerprint density at radius 3 is 2.64 bits per heavy atom. The lowest BCUT2D eigenvalue weighted by atomic mass is 10.2. The van der Waals surface area contributed by atoms with Gasteiger partial charge in [0.1, 0.15) is 0 Å². The summed E-state index contributed by atoms with van der Waals surface area (Å²) in [6, 6.07) is 0. The summed E-state index contributed by atoms with van der Waals surface area (Å²) in [6.45, 7) is 2.17. The molecule has 0 saturated carbocycles. The Morgan fingerprint density at radius 1 is 1.36 bits per heavy atom. The van der Waals surface area contributed by atoms with Crippen molar-refractivity contribution in [3.05, 3.63) is 12.2 Å². The Balaban J connectivity index is 3.10. The van der Waals surface area contributed by atoms with Crippen LogP contribution in [0.3, 0.4) is 0 Å². The fourth-order valence-electron chi connectivity index (χ4n) is 0.830. The number of carbonyl (C=O) groups is 1. The zero-order chi connectivity index (χ0) is 8.53. The van der Waals surface area contributed by atoms with E-state index in [1.807, 2.05) is 12.2 Å². The van der Waals surface area contributed by atoms with E-state index in [4.69, 9.17) is 5.73 Å². The molecule has 0 spiro atoms. The number of unbranched alkanes of at least 4 members (excludes halogenated alkanes) is 3. The Bertz CT molecular complexity index is 130. The summed E-state index contributed by atoms with van der Waals surface area (Å²) in [4.78, 5) is 10.3. The molecular formula is C9H17NO. The maximum atomic E-state index is 10.3. The average molecular weight is 155 g/mol. The van der Waals surface area contributed by atoms with Crippen LogP contribution in [0.1, 0.15) is 39.0 Å². The van der Waals surface area contributed by atoms with Gasteiger partial charge in [0.05, 0.1) is 0 Å². The Morgan fingerprint density at radius 2 is 2.09 bits per heavy atom. The van der Waals surface area contributed by atoms with E-state index in [0.29, 0.717) is 6.42 Å². The van der Waals surface area contributed by atoms with Crippen LogP contribution >= 0.6 is 0 Å². The predicted octanol–water partition coefficient (Wildman–Crippen LogP) is 2.00. The van der Waals surface area contributed by atoms with E-state index in [2.05, 4.69) is 6.92 Å². The van der Waals surface area contributed by atoms with Gasteiger partial charge in [0.25, 0.3) is 0 Å². The van der Waals surface area contributed by atoms with Crippen LogP contribution in [0.15, 0.2) is 12.2 Å². The minimum atomic E-state index is -0.253. The van der Waals surface area contributed by atoms with Crippen molar-refractivity contribution in [1.82, 2.24) is 0 Å². The second-order valence-corrected chi connectivity index (χ2v) is 2.64. The quantitative estimate of drug-likeness (QED) is 0.462. The highest BCUT2D eigenvalue weighted by molar-refractivity contribution is 5.75. The summed E-state index contributed by atoms with van der Waals surface area (Å²) in [5.41, 5.74) is 4.94. The Hall–Kier alpha value is -0.790. The highest BCUT2D eigenvalue weighted by Crippen LogP contribution is 1.99. The number of amides is 1. The molecule has 64 valence electrons. The molecule has 0 atom stereocenters. The second-order valence-electron chi connectivity index (χ2n) is 2.64. The normalized spacial score (nSPS) is 10.6. The van der Waals surface area contributed by atoms with Crippen molar-refractivity contribution in [1.29, 1.82) is 0 Å². The van der Waals surface area contributed by atoms with Crippen molar-refractivity contribution in [3.8, 4) is 0 Å². The third-order valence-corrected chi connectivity index (χ3v) is 1.46. The van der Waals surface area contributed by atoms with Gasteiger partial charge in [0, 0.05) is 6.42 Å². The first-order valence-corrected chi connectivity index (χ1v) is 4.20. The lowest BCUT2D eigenvalue weighted by molar-refractivity contribution is -0.117. The molecule has 1 amide bonds. The van der Waals surface area contributed by atoms with Crippen LogP contribution in [-0.4, -0.2) is 5.91 Å². The summed E-state index contributed by atoms with van der Waals surface area (Å²) < 4.78 is 0. The molecule has 0 bridgehead atoms. The van der Waals surface area contributed by atoms with Crippen molar-refractivity contribution < 1.29 is 4.79 Å². The molecule has 0 rings (SSSR count). The molecule has 0 aliphatic carbocycles. The number of carbonyl (C=O) groups excluding carboxylic acids is 1. The van der Waals surface area contributed by atoms with Gasteiger partial charge in [-0.05, 0) is 12.8 Å². The first-order chi connectivity index (χ1) is 5.27. The van der Waals surface area contributed by atoms with Gasteiger partial charge in [-0.25, -0.2) is 0 Å². The average Bonchev–Trinajstić information content (AvgIpc) is 1.96. The molecule has 0 aliphatic rings. The molecule has 0 aromatic carbocycles. The van der Waals surface area contributed by atoms with Crippen LogP contribution in [0.2, 0.25) is 0 Å². The van der Waals surface area contributed by atoms with Crippen molar-refractivity contribution in [2.75, 3.05) is 0 Å². The van der Waals surface area contributed by atoms with Gasteiger partial charge in [-0.15, -0.1) is 0 Å². The summed E-state index contributed by atoms with van der Waals surface area (Å²) in [5.74, 6) is -0.253. The lowest BCUT2D eigenvalue weighted by Crippen LogP contribution is -2.07. The topological polar surface area (TPSA) is 43.1 Å². The SMILES string of the molecule is CCCCCC=CCC(N)=O. The largest absolute Gasteiger partial charge is 0.369 e. The summed E-state index contributed by atoms with van der Waals surface area (Å²) in [6.07, 6.45) is 9.04. The van der Waals surface area contributed by atoms with Crippen LogP contribution in [0.25, 0.3) is 0 Å². The zero-order valence-corrected chi connectivity index (χ0v) is 7.18. The van der Waals surface area contributed by atoms with Crippen LogP contribution in [-0.2, 0) is 4.79 Å². The fraction of sp³-hybridized carbons (Fsp3) is 0.667. The number of nitrogens with two attached hydrogens (primary N) is 1. The van der Waals surface area contributed by atoms with Crippen LogP contribution in [0.4, 0.5) is 0 Å². The number of primary amides is 1. The summed E-state index contributed by atoms with van der Waals surface area (Å²) >= 11 is 0. The number of allylic oxidation sites excluding steroid dienone is 1. The van der Waals surface area contributed by atoms with Crippen molar-refractivity contribution in [2.45, 2.75) is 39.0 Å². The van der Waals surface area contributed by atoms with E-state index in [0.717, 1.165) is 6.42 Å². The molecule has 0 aliphatic heterocycles. The third kappa shape index (κ3) is 9.21. The Kier molecular flexibility index (Phi) is 6.79. The summed E-state index contributed by atoms with van der Waals surface area (Å²) in [5, 5.41) is 0. The molecule has 2 nitrogen and oxygen atoms in total. The van der Waals surface area contributed by atoms with Crippen molar-refractivity contribution in [2.24, 2.45) is 5.73 Å². The molecule has 0 radical (unpaired) electrons. The molecule has 0 fully saturated rings. The van der Waals surface area contributed by atoms with Gasteiger partial charge < -0.3 is 5.73 Å². The van der Waals surface area contributed by atoms with Gasteiger partial charge in [0.2, 0.25) is 5.91 Å². The molecular weight excluding hydrogens is 138 g/mol. The molecule has 11 heavy (non-hydrogen) atoms. The molecule has 2 heteroatoms. The van der Waals surface area contributed by atoms with Gasteiger partial charge in [-0.3, -0.25) is 4.79 Å². The van der Waals surface area contributed by atoms with Crippen LogP contribution in [0.5, 0.6) is 0 Å². The second kappa shape index (κ2) is 7.32. The number of hydrogen-bond donors (Lipinski definition) is 1. The highest BCUT2D eigenvalue weighted by atomic mass is 16.1. The van der Waals surface area contributed by atoms with Gasteiger partial charge >= 0.3 is 0 Å². The van der Waals surface area contributed by atoms with Crippen molar-refractivity contribution in [3.63, 3.8) is 0 Å². The molecule has 0 unspecified atom stereocenters. The maximum Gasteiger partial charge on any atom is 0.221 e. The molecule has 0 aromatic heterocycles. The minimum absolute atomic E-state index is 0.253. The Labute approximate surface area is 68.5 Å². The predicted molar refractivity (Wildman–Crippen MR) is 47.1 cm³/mol. The monoisotopic (exact) mass is 155 g/mol. The van der Waals surface area contributed by atoms with Crippen LogP contribution in [0, 0.1) is 0 Å². The van der Waals surface area contributed by atoms with Gasteiger partial charge in [-0.2, -0.15) is 0 Å². The van der Waals surface area contributed by atoms with Crippen LogP contribution < -0.4 is 5.73 Å². The van der Waals surface area contributed by atoms with E-state index in [9.17, 15) is 4.79 Å². The van der Waals surface area contributed by atoms with E-state index >= 15 is 0 Å². The number of hydrogen-bond acceptors (Lipinski definition) is 1. The van der Waals surface area contributed by atoms with Gasteiger partial charge in [-0.1, -0.05) is 31.9 Å². The first-order valence-electron chi connectivity index (χ1n) is 4.20. The molecule has 0 aromatic rings. The summed E-state index contributed by atoms with van der Waals surface area (Å²) in [7, 11) is 0.